The summed E-state index contributed by atoms with van der Waals surface area (Å²) in [5.74, 6) is 0.158. The van der Waals surface area contributed by atoms with Crippen molar-refractivity contribution < 1.29 is 4.79 Å². The molecule has 0 radical (unpaired) electrons. The maximum Gasteiger partial charge on any atom is 0.253 e. The highest BCUT2D eigenvalue weighted by atomic mass is 16.2. The van der Waals surface area contributed by atoms with Gasteiger partial charge in [-0.2, -0.15) is 0 Å². The van der Waals surface area contributed by atoms with Crippen molar-refractivity contribution in [2.24, 2.45) is 0 Å². The van der Waals surface area contributed by atoms with Gasteiger partial charge in [-0.3, -0.25) is 4.79 Å². The number of carbonyl (C=O) groups excluding carboxylic acids is 1. The first-order chi connectivity index (χ1) is 10.1. The summed E-state index contributed by atoms with van der Waals surface area (Å²) < 4.78 is 0. The van der Waals surface area contributed by atoms with Crippen molar-refractivity contribution in [3.8, 4) is 0 Å². The molecule has 21 heavy (non-hydrogen) atoms. The van der Waals surface area contributed by atoms with Crippen LogP contribution in [0.15, 0.2) is 30.5 Å². The molecule has 1 saturated heterocycles. The van der Waals surface area contributed by atoms with E-state index in [-0.39, 0.29) is 5.91 Å². The second kappa shape index (κ2) is 5.90. The van der Waals surface area contributed by atoms with Crippen molar-refractivity contribution in [2.75, 3.05) is 27.2 Å². The minimum Gasteiger partial charge on any atom is -0.361 e. The molecule has 1 atom stereocenters. The van der Waals surface area contributed by atoms with Crippen LogP contribution in [0.4, 0.5) is 0 Å². The smallest absolute Gasteiger partial charge is 0.253 e. The largest absolute Gasteiger partial charge is 0.361 e. The van der Waals surface area contributed by atoms with Crippen LogP contribution in [-0.2, 0) is 0 Å². The van der Waals surface area contributed by atoms with Crippen LogP contribution in [-0.4, -0.2) is 53.9 Å². The van der Waals surface area contributed by atoms with Gasteiger partial charge < -0.3 is 14.8 Å². The Kier molecular flexibility index (Phi) is 3.97. The number of fused-ring (bicyclic) bond motifs is 1. The molecule has 3 rings (SSSR count). The Bertz CT molecular complexity index is 632. The Hall–Kier alpha value is -1.81. The summed E-state index contributed by atoms with van der Waals surface area (Å²) in [5, 5.41) is 1.15. The van der Waals surface area contributed by atoms with Crippen molar-refractivity contribution in [3.63, 3.8) is 0 Å². The van der Waals surface area contributed by atoms with E-state index in [4.69, 9.17) is 0 Å². The summed E-state index contributed by atoms with van der Waals surface area (Å²) in [6.45, 7) is 1.72. The quantitative estimate of drug-likeness (QED) is 0.921. The summed E-state index contributed by atoms with van der Waals surface area (Å²) in [4.78, 5) is 20.2. The Morgan fingerprint density at radius 2 is 2.10 bits per heavy atom. The van der Waals surface area contributed by atoms with E-state index < -0.39 is 0 Å². The number of amides is 1. The lowest BCUT2D eigenvalue weighted by molar-refractivity contribution is 0.0758. The zero-order chi connectivity index (χ0) is 14.8. The zero-order valence-electron chi connectivity index (χ0n) is 12.8. The van der Waals surface area contributed by atoms with Crippen molar-refractivity contribution in [1.29, 1.82) is 0 Å². The predicted molar refractivity (Wildman–Crippen MR) is 85.5 cm³/mol. The molecule has 0 aliphatic carbocycles. The molecule has 0 spiro atoms. The van der Waals surface area contributed by atoms with E-state index in [0.29, 0.717) is 6.04 Å². The molecule has 1 N–H and O–H groups in total. The molecule has 1 aromatic carbocycles. The van der Waals surface area contributed by atoms with Crippen LogP contribution in [0.3, 0.4) is 0 Å². The Balaban J connectivity index is 1.75. The van der Waals surface area contributed by atoms with Crippen LogP contribution < -0.4 is 0 Å². The second-order valence-corrected chi connectivity index (χ2v) is 6.12. The number of nitrogens with zero attached hydrogens (tertiary/aromatic N) is 2. The summed E-state index contributed by atoms with van der Waals surface area (Å²) in [5.41, 5.74) is 1.81. The maximum atomic E-state index is 12.7. The predicted octanol–water partition coefficient (Wildman–Crippen LogP) is 2.72. The van der Waals surface area contributed by atoms with E-state index in [9.17, 15) is 4.79 Å². The average molecular weight is 285 g/mol. The van der Waals surface area contributed by atoms with E-state index in [1.54, 1.807) is 0 Å². The fourth-order valence-corrected chi connectivity index (χ4v) is 3.16. The number of likely N-dealkylation sites (tertiary alicyclic amines) is 1. The number of benzene rings is 1. The normalized spacial score (nSPS) is 20.0. The third kappa shape index (κ3) is 2.95. The zero-order valence-corrected chi connectivity index (χ0v) is 12.8. The lowest BCUT2D eigenvalue weighted by Crippen LogP contribution is -2.33. The SMILES string of the molecule is CN(C)C1CCCN(C(=O)c2ccc3cc[nH]c3c2)CC1. The van der Waals surface area contributed by atoms with Gasteiger partial charge in [-0.1, -0.05) is 6.07 Å². The van der Waals surface area contributed by atoms with Gasteiger partial charge in [-0.15, -0.1) is 0 Å². The van der Waals surface area contributed by atoms with Crippen molar-refractivity contribution in [1.82, 2.24) is 14.8 Å². The van der Waals surface area contributed by atoms with E-state index in [0.717, 1.165) is 42.4 Å². The van der Waals surface area contributed by atoms with E-state index in [1.165, 1.54) is 6.42 Å². The van der Waals surface area contributed by atoms with Gasteiger partial charge in [-0.25, -0.2) is 0 Å². The maximum absolute atomic E-state index is 12.7. The standard InChI is InChI=1S/C17H23N3O/c1-19(2)15-4-3-10-20(11-8-15)17(21)14-6-5-13-7-9-18-16(13)12-14/h5-7,9,12,15,18H,3-4,8,10-11H2,1-2H3. The second-order valence-electron chi connectivity index (χ2n) is 6.12. The first kappa shape index (κ1) is 14.1. The van der Waals surface area contributed by atoms with Gasteiger partial charge in [0.15, 0.2) is 0 Å². The molecule has 4 heteroatoms. The topological polar surface area (TPSA) is 39.3 Å². The van der Waals surface area contributed by atoms with Gasteiger partial charge in [0.1, 0.15) is 0 Å². The first-order valence-corrected chi connectivity index (χ1v) is 7.68. The summed E-state index contributed by atoms with van der Waals surface area (Å²) in [6, 6.07) is 8.53. The Morgan fingerprint density at radius 1 is 1.24 bits per heavy atom. The average Bonchev–Trinajstić information content (AvgIpc) is 2.80. The summed E-state index contributed by atoms with van der Waals surface area (Å²) >= 11 is 0. The van der Waals surface area contributed by atoms with Crippen LogP contribution in [0, 0.1) is 0 Å². The van der Waals surface area contributed by atoms with Crippen molar-refractivity contribution in [3.05, 3.63) is 36.0 Å². The molecule has 1 unspecified atom stereocenters. The monoisotopic (exact) mass is 285 g/mol. The number of hydrogen-bond donors (Lipinski definition) is 1. The highest BCUT2D eigenvalue weighted by molar-refractivity contribution is 5.97. The van der Waals surface area contributed by atoms with Gasteiger partial charge in [0, 0.05) is 36.4 Å². The fraction of sp³-hybridized carbons (Fsp3) is 0.471. The van der Waals surface area contributed by atoms with Crippen LogP contribution in [0.2, 0.25) is 0 Å². The van der Waals surface area contributed by atoms with Crippen LogP contribution in [0.25, 0.3) is 10.9 Å². The third-order valence-electron chi connectivity index (χ3n) is 4.52. The number of carbonyl (C=O) groups is 1. The molecular formula is C17H23N3O. The van der Waals surface area contributed by atoms with Crippen molar-refractivity contribution >= 4 is 16.8 Å². The first-order valence-electron chi connectivity index (χ1n) is 7.68. The number of nitrogens with one attached hydrogen (secondary N) is 1. The highest BCUT2D eigenvalue weighted by Gasteiger charge is 2.22. The molecule has 2 aromatic rings. The molecular weight excluding hydrogens is 262 g/mol. The molecule has 1 aromatic heterocycles. The number of rotatable bonds is 2. The van der Waals surface area contributed by atoms with Gasteiger partial charge in [0.05, 0.1) is 0 Å². The molecule has 1 fully saturated rings. The minimum atomic E-state index is 0.158. The van der Waals surface area contributed by atoms with E-state index >= 15 is 0 Å². The summed E-state index contributed by atoms with van der Waals surface area (Å²) in [6.07, 6.45) is 5.22. The van der Waals surface area contributed by atoms with Crippen LogP contribution >= 0.6 is 0 Å². The molecule has 0 bridgehead atoms. The molecule has 112 valence electrons. The van der Waals surface area contributed by atoms with Gasteiger partial charge in [0.2, 0.25) is 0 Å². The highest BCUT2D eigenvalue weighted by Crippen LogP contribution is 2.19. The van der Waals surface area contributed by atoms with Gasteiger partial charge in [0.25, 0.3) is 5.91 Å². The Labute approximate surface area is 125 Å². The number of aromatic amines is 1. The molecule has 2 heterocycles. The molecule has 1 amide bonds. The van der Waals surface area contributed by atoms with Crippen LogP contribution in [0.5, 0.6) is 0 Å². The fourth-order valence-electron chi connectivity index (χ4n) is 3.16. The van der Waals surface area contributed by atoms with Gasteiger partial charge >= 0.3 is 0 Å². The molecule has 1 aliphatic heterocycles. The van der Waals surface area contributed by atoms with Crippen LogP contribution in [0.1, 0.15) is 29.6 Å². The minimum absolute atomic E-state index is 0.158. The Morgan fingerprint density at radius 3 is 2.90 bits per heavy atom. The number of hydrogen-bond acceptors (Lipinski definition) is 2. The van der Waals surface area contributed by atoms with Gasteiger partial charge in [-0.05, 0) is 56.9 Å². The number of H-pyrrole nitrogens is 1. The molecule has 4 nitrogen and oxygen atoms in total. The number of aromatic nitrogens is 1. The lowest BCUT2D eigenvalue weighted by atomic mass is 10.1. The van der Waals surface area contributed by atoms with Crippen molar-refractivity contribution in [2.45, 2.75) is 25.3 Å². The molecule has 0 saturated carbocycles. The molecule has 1 aliphatic rings. The van der Waals surface area contributed by atoms with E-state index in [1.807, 2.05) is 35.4 Å². The third-order valence-corrected chi connectivity index (χ3v) is 4.52. The summed E-state index contributed by atoms with van der Waals surface area (Å²) in [7, 11) is 4.25. The van der Waals surface area contributed by atoms with E-state index in [2.05, 4.69) is 24.0 Å². The lowest BCUT2D eigenvalue weighted by Gasteiger charge is -2.23.